The fourth-order valence-electron chi connectivity index (χ4n) is 1.69. The number of alkyl halides is 1. The Morgan fingerprint density at radius 1 is 1.22 bits per heavy atom. The van der Waals surface area contributed by atoms with Crippen molar-refractivity contribution in [1.29, 1.82) is 0 Å². The van der Waals surface area contributed by atoms with E-state index in [4.69, 9.17) is 23.2 Å². The third-order valence-electron chi connectivity index (χ3n) is 2.75. The maximum absolute atomic E-state index is 6.23. The summed E-state index contributed by atoms with van der Waals surface area (Å²) < 4.78 is 0.226. The van der Waals surface area contributed by atoms with Crippen molar-refractivity contribution in [3.8, 4) is 0 Å². The van der Waals surface area contributed by atoms with Crippen molar-refractivity contribution >= 4 is 45.8 Å². The summed E-state index contributed by atoms with van der Waals surface area (Å²) in [4.78, 5) is 8.43. The molecule has 2 rings (SSSR count). The van der Waals surface area contributed by atoms with E-state index in [9.17, 15) is 0 Å². The third kappa shape index (κ3) is 3.13. The van der Waals surface area contributed by atoms with Gasteiger partial charge in [-0.2, -0.15) is 0 Å². The number of hydrogen-bond acceptors (Lipinski definition) is 2. The van der Waals surface area contributed by atoms with Crippen LogP contribution >= 0.6 is 45.8 Å². The zero-order valence-corrected chi connectivity index (χ0v) is 13.3. The molecule has 0 aliphatic rings. The Hall–Kier alpha value is -0.390. The Kier molecular flexibility index (Phi) is 4.81. The minimum absolute atomic E-state index is 0.226. The van der Waals surface area contributed by atoms with Crippen molar-refractivity contribution in [2.45, 2.75) is 16.8 Å². The summed E-state index contributed by atoms with van der Waals surface area (Å²) in [5, 5.41) is 1.34. The van der Waals surface area contributed by atoms with Gasteiger partial charge in [-0.05, 0) is 17.7 Å². The van der Waals surface area contributed by atoms with Gasteiger partial charge >= 0.3 is 0 Å². The zero-order valence-electron chi connectivity index (χ0n) is 9.65. The van der Waals surface area contributed by atoms with E-state index in [2.05, 4.69) is 39.5 Å². The van der Waals surface area contributed by atoms with Gasteiger partial charge in [0.1, 0.15) is 0 Å². The van der Waals surface area contributed by atoms with E-state index < -0.39 is 0 Å². The van der Waals surface area contributed by atoms with Gasteiger partial charge in [0, 0.05) is 38.5 Å². The summed E-state index contributed by atoms with van der Waals surface area (Å²) in [6.07, 6.45) is 5.17. The van der Waals surface area contributed by atoms with Crippen LogP contribution in [0.15, 0.2) is 36.8 Å². The number of aromatic nitrogens is 2. The van der Waals surface area contributed by atoms with E-state index in [1.54, 1.807) is 24.7 Å². The second-order valence-electron chi connectivity index (χ2n) is 3.99. The quantitative estimate of drug-likeness (QED) is 0.538. The van der Waals surface area contributed by atoms with Crippen LogP contribution in [0.4, 0.5) is 0 Å². The van der Waals surface area contributed by atoms with Crippen LogP contribution in [-0.4, -0.2) is 9.97 Å². The highest BCUT2D eigenvalue weighted by atomic mass is 127. The number of halogens is 3. The first-order valence-electron chi connectivity index (χ1n) is 5.44. The normalized spacial score (nSPS) is 14.2. The Bertz CT molecular complexity index is 534. The van der Waals surface area contributed by atoms with Crippen molar-refractivity contribution in [2.24, 2.45) is 0 Å². The lowest BCUT2D eigenvalue weighted by molar-refractivity contribution is 0.729. The van der Waals surface area contributed by atoms with Crippen molar-refractivity contribution in [2.75, 3.05) is 0 Å². The summed E-state index contributed by atoms with van der Waals surface area (Å²) >= 11 is 14.5. The molecule has 0 amide bonds. The van der Waals surface area contributed by atoms with Gasteiger partial charge in [-0.1, -0.05) is 58.8 Å². The number of nitrogens with zero attached hydrogens (tertiary/aromatic N) is 2. The van der Waals surface area contributed by atoms with Gasteiger partial charge in [0.15, 0.2) is 0 Å². The summed E-state index contributed by atoms with van der Waals surface area (Å²) in [6.45, 7) is 2.12. The van der Waals surface area contributed by atoms with E-state index in [1.807, 2.05) is 12.1 Å². The first kappa shape index (κ1) is 14.0. The molecule has 1 heterocycles. The van der Waals surface area contributed by atoms with Crippen LogP contribution in [0.5, 0.6) is 0 Å². The third-order valence-corrected chi connectivity index (χ3v) is 5.06. The highest BCUT2D eigenvalue weighted by Gasteiger charge is 2.21. The van der Waals surface area contributed by atoms with E-state index in [0.29, 0.717) is 10.0 Å². The van der Waals surface area contributed by atoms with Crippen LogP contribution in [0, 0.1) is 0 Å². The molecule has 1 aromatic heterocycles. The Morgan fingerprint density at radius 2 is 2.00 bits per heavy atom. The lowest BCUT2D eigenvalue weighted by Gasteiger charge is -2.19. The van der Waals surface area contributed by atoms with Crippen LogP contribution in [-0.2, 0) is 0 Å². The molecule has 2 unspecified atom stereocenters. The fraction of sp³-hybridized carbons (Fsp3) is 0.231. The second kappa shape index (κ2) is 6.17. The van der Waals surface area contributed by atoms with Gasteiger partial charge < -0.3 is 0 Å². The summed E-state index contributed by atoms with van der Waals surface area (Å²) in [7, 11) is 0. The maximum atomic E-state index is 6.23. The molecule has 0 radical (unpaired) electrons. The van der Waals surface area contributed by atoms with Gasteiger partial charge in [-0.25, -0.2) is 0 Å². The molecule has 2 nitrogen and oxygen atoms in total. The fourth-order valence-corrected chi connectivity index (χ4v) is 3.31. The topological polar surface area (TPSA) is 25.8 Å². The molecule has 0 spiro atoms. The Labute approximate surface area is 130 Å². The van der Waals surface area contributed by atoms with Crippen LogP contribution in [0.2, 0.25) is 10.0 Å². The van der Waals surface area contributed by atoms with Gasteiger partial charge in [0.25, 0.3) is 0 Å². The molecule has 18 heavy (non-hydrogen) atoms. The van der Waals surface area contributed by atoms with Crippen molar-refractivity contribution in [1.82, 2.24) is 9.97 Å². The highest BCUT2D eigenvalue weighted by molar-refractivity contribution is 14.1. The monoisotopic (exact) mass is 392 g/mol. The van der Waals surface area contributed by atoms with Crippen molar-refractivity contribution < 1.29 is 0 Å². The molecule has 0 N–H and O–H groups in total. The Balaban J connectivity index is 2.28. The van der Waals surface area contributed by atoms with Crippen LogP contribution < -0.4 is 0 Å². The predicted octanol–water partition coefficient (Wildman–Crippen LogP) is 5.06. The van der Waals surface area contributed by atoms with E-state index in [0.717, 1.165) is 11.3 Å². The predicted molar refractivity (Wildman–Crippen MR) is 83.7 cm³/mol. The molecule has 0 saturated carbocycles. The van der Waals surface area contributed by atoms with Gasteiger partial charge in [-0.3, -0.25) is 9.97 Å². The molecular formula is C13H11Cl2IN2. The standard InChI is InChI=1S/C13H11Cl2IN2/c1-8(12-7-17-4-5-18-12)13(16)10-3-2-9(14)6-11(10)15/h2-8,13H,1H3. The Morgan fingerprint density at radius 3 is 2.61 bits per heavy atom. The average molecular weight is 393 g/mol. The van der Waals surface area contributed by atoms with E-state index in [1.165, 1.54) is 0 Å². The molecule has 5 heteroatoms. The van der Waals surface area contributed by atoms with Gasteiger partial charge in [0.2, 0.25) is 0 Å². The van der Waals surface area contributed by atoms with Crippen LogP contribution in [0.3, 0.4) is 0 Å². The molecule has 0 aliphatic heterocycles. The largest absolute Gasteiger partial charge is 0.261 e. The molecule has 2 aromatic rings. The molecular weight excluding hydrogens is 382 g/mol. The van der Waals surface area contributed by atoms with E-state index in [-0.39, 0.29) is 9.84 Å². The first-order valence-corrected chi connectivity index (χ1v) is 7.44. The molecule has 0 saturated heterocycles. The number of benzene rings is 1. The molecule has 1 aromatic carbocycles. The smallest absolute Gasteiger partial charge is 0.0628 e. The minimum atomic E-state index is 0.226. The van der Waals surface area contributed by atoms with Crippen LogP contribution in [0.1, 0.15) is 28.0 Å². The van der Waals surface area contributed by atoms with Crippen molar-refractivity contribution in [3.63, 3.8) is 0 Å². The van der Waals surface area contributed by atoms with Gasteiger partial charge in [-0.15, -0.1) is 0 Å². The second-order valence-corrected chi connectivity index (χ2v) is 6.17. The molecule has 2 atom stereocenters. The molecule has 0 aliphatic carbocycles. The molecule has 94 valence electrons. The maximum Gasteiger partial charge on any atom is 0.0628 e. The van der Waals surface area contributed by atoms with Crippen LogP contribution in [0.25, 0.3) is 0 Å². The first-order chi connectivity index (χ1) is 8.59. The lowest BCUT2D eigenvalue weighted by atomic mass is 9.98. The summed E-state index contributed by atoms with van der Waals surface area (Å²) in [6, 6.07) is 5.60. The van der Waals surface area contributed by atoms with E-state index >= 15 is 0 Å². The average Bonchev–Trinajstić information content (AvgIpc) is 2.38. The zero-order chi connectivity index (χ0) is 13.1. The molecule has 0 bridgehead atoms. The minimum Gasteiger partial charge on any atom is -0.261 e. The number of rotatable bonds is 3. The molecule has 0 fully saturated rings. The summed E-state index contributed by atoms with van der Waals surface area (Å²) in [5.74, 6) is 0.234. The lowest BCUT2D eigenvalue weighted by Crippen LogP contribution is -2.05. The highest BCUT2D eigenvalue weighted by Crippen LogP contribution is 2.40. The van der Waals surface area contributed by atoms with Gasteiger partial charge in [0.05, 0.1) is 5.69 Å². The van der Waals surface area contributed by atoms with Crippen molar-refractivity contribution in [3.05, 3.63) is 58.1 Å². The summed E-state index contributed by atoms with van der Waals surface area (Å²) in [5.41, 5.74) is 2.03. The number of hydrogen-bond donors (Lipinski definition) is 0. The SMILES string of the molecule is CC(c1cnccn1)C(I)c1ccc(Cl)cc1Cl.